The van der Waals surface area contributed by atoms with Gasteiger partial charge in [-0.15, -0.1) is 0 Å². The van der Waals surface area contributed by atoms with E-state index in [0.29, 0.717) is 0 Å². The molecule has 0 atom stereocenters. The minimum atomic E-state index is 0.788. The zero-order valence-corrected chi connectivity index (χ0v) is 16.8. The third kappa shape index (κ3) is 4.60. The summed E-state index contributed by atoms with van der Waals surface area (Å²) in [7, 11) is 0. The lowest BCUT2D eigenvalue weighted by Crippen LogP contribution is -1.96. The number of fused-ring (bicyclic) bond motifs is 1. The first-order chi connectivity index (χ1) is 14.2. The molecule has 0 spiro atoms. The average molecular weight is 381 g/mol. The van der Waals surface area contributed by atoms with Crippen LogP contribution in [-0.2, 0) is 12.8 Å². The number of rotatable bonds is 7. The lowest BCUT2D eigenvalue weighted by Gasteiger charge is -2.10. The fourth-order valence-corrected chi connectivity index (χ4v) is 4.00. The smallest absolute Gasteiger partial charge is 0.0346 e. The standard InChI is InChI=1S/C27H28N2/c28-25-16-13-20(14-17-25)23-15-18-27(29)24(19-23)9-3-1-2-7-21-10-6-11-22-8-4-5-12-26(21)22/h4-6,8,10-19H,1-3,7,9,28-29H2. The minimum Gasteiger partial charge on any atom is -0.399 e. The van der Waals surface area contributed by atoms with Crippen molar-refractivity contribution in [2.75, 3.05) is 11.5 Å². The number of nitrogen functional groups attached to an aromatic ring is 2. The van der Waals surface area contributed by atoms with Crippen molar-refractivity contribution in [3.05, 3.63) is 96.1 Å². The fourth-order valence-electron chi connectivity index (χ4n) is 4.00. The van der Waals surface area contributed by atoms with Crippen LogP contribution in [0.2, 0.25) is 0 Å². The lowest BCUT2D eigenvalue weighted by molar-refractivity contribution is 0.681. The van der Waals surface area contributed by atoms with Crippen molar-refractivity contribution in [1.82, 2.24) is 0 Å². The van der Waals surface area contributed by atoms with E-state index in [1.807, 2.05) is 18.2 Å². The molecule has 4 aromatic carbocycles. The van der Waals surface area contributed by atoms with E-state index < -0.39 is 0 Å². The monoisotopic (exact) mass is 380 g/mol. The van der Waals surface area contributed by atoms with Crippen molar-refractivity contribution in [3.63, 3.8) is 0 Å². The van der Waals surface area contributed by atoms with Crippen LogP contribution in [0.3, 0.4) is 0 Å². The van der Waals surface area contributed by atoms with Crippen LogP contribution < -0.4 is 11.5 Å². The van der Waals surface area contributed by atoms with Gasteiger partial charge in [-0.3, -0.25) is 0 Å². The van der Waals surface area contributed by atoms with Crippen LogP contribution in [-0.4, -0.2) is 0 Å². The molecule has 0 aliphatic heterocycles. The summed E-state index contributed by atoms with van der Waals surface area (Å²) in [6.45, 7) is 0. The molecule has 4 N–H and O–H groups in total. The zero-order chi connectivity index (χ0) is 20.1. The van der Waals surface area contributed by atoms with Crippen LogP contribution >= 0.6 is 0 Å². The van der Waals surface area contributed by atoms with Gasteiger partial charge in [-0.1, -0.05) is 67.1 Å². The molecular weight excluding hydrogens is 352 g/mol. The molecule has 0 saturated carbocycles. The number of unbranched alkanes of at least 4 members (excludes halogenated alkanes) is 2. The van der Waals surface area contributed by atoms with Crippen LogP contribution in [0.5, 0.6) is 0 Å². The van der Waals surface area contributed by atoms with Gasteiger partial charge in [-0.25, -0.2) is 0 Å². The molecule has 0 bridgehead atoms. The lowest BCUT2D eigenvalue weighted by atomic mass is 9.97. The van der Waals surface area contributed by atoms with E-state index in [2.05, 4.69) is 66.7 Å². The van der Waals surface area contributed by atoms with E-state index >= 15 is 0 Å². The van der Waals surface area contributed by atoms with Gasteiger partial charge in [0.25, 0.3) is 0 Å². The molecule has 4 aromatic rings. The molecule has 0 radical (unpaired) electrons. The van der Waals surface area contributed by atoms with Crippen molar-refractivity contribution in [2.24, 2.45) is 0 Å². The van der Waals surface area contributed by atoms with Crippen molar-refractivity contribution in [2.45, 2.75) is 32.1 Å². The van der Waals surface area contributed by atoms with Gasteiger partial charge in [0.05, 0.1) is 0 Å². The summed E-state index contributed by atoms with van der Waals surface area (Å²) >= 11 is 0. The maximum Gasteiger partial charge on any atom is 0.0346 e. The highest BCUT2D eigenvalue weighted by Crippen LogP contribution is 2.26. The molecule has 2 nitrogen and oxygen atoms in total. The Morgan fingerprint density at radius 3 is 2.07 bits per heavy atom. The van der Waals surface area contributed by atoms with Gasteiger partial charge in [-0.2, -0.15) is 0 Å². The second kappa shape index (κ2) is 8.83. The first-order valence-corrected chi connectivity index (χ1v) is 10.4. The van der Waals surface area contributed by atoms with E-state index in [-0.39, 0.29) is 0 Å². The zero-order valence-electron chi connectivity index (χ0n) is 16.8. The van der Waals surface area contributed by atoms with Crippen molar-refractivity contribution in [3.8, 4) is 11.1 Å². The molecule has 0 unspecified atom stereocenters. The Morgan fingerprint density at radius 2 is 1.24 bits per heavy atom. The highest BCUT2D eigenvalue weighted by molar-refractivity contribution is 5.85. The predicted molar refractivity (Wildman–Crippen MR) is 126 cm³/mol. The van der Waals surface area contributed by atoms with Crippen LogP contribution in [0, 0.1) is 0 Å². The van der Waals surface area contributed by atoms with Crippen molar-refractivity contribution >= 4 is 22.1 Å². The van der Waals surface area contributed by atoms with Gasteiger partial charge in [0.2, 0.25) is 0 Å². The van der Waals surface area contributed by atoms with Crippen LogP contribution in [0.1, 0.15) is 30.4 Å². The highest BCUT2D eigenvalue weighted by atomic mass is 14.6. The Morgan fingerprint density at radius 1 is 0.552 bits per heavy atom. The molecule has 146 valence electrons. The second-order valence-electron chi connectivity index (χ2n) is 7.73. The first kappa shape index (κ1) is 19.1. The van der Waals surface area contributed by atoms with Gasteiger partial charge in [0.15, 0.2) is 0 Å². The van der Waals surface area contributed by atoms with Gasteiger partial charge < -0.3 is 11.5 Å². The normalized spacial score (nSPS) is 11.0. The van der Waals surface area contributed by atoms with E-state index in [1.165, 1.54) is 45.9 Å². The topological polar surface area (TPSA) is 52.0 Å². The first-order valence-electron chi connectivity index (χ1n) is 10.4. The number of nitrogens with two attached hydrogens (primary N) is 2. The Bertz CT molecular complexity index is 1090. The summed E-state index contributed by atoms with van der Waals surface area (Å²) in [5.41, 5.74) is 18.8. The molecule has 29 heavy (non-hydrogen) atoms. The molecule has 0 aromatic heterocycles. The van der Waals surface area contributed by atoms with Gasteiger partial charge >= 0.3 is 0 Å². The van der Waals surface area contributed by atoms with Crippen LogP contribution in [0.25, 0.3) is 21.9 Å². The largest absolute Gasteiger partial charge is 0.399 e. The molecule has 0 amide bonds. The number of benzene rings is 4. The summed E-state index contributed by atoms with van der Waals surface area (Å²) in [6.07, 6.45) is 5.70. The maximum absolute atomic E-state index is 6.24. The Kier molecular flexibility index (Phi) is 5.81. The van der Waals surface area contributed by atoms with E-state index in [4.69, 9.17) is 11.5 Å². The summed E-state index contributed by atoms with van der Waals surface area (Å²) in [4.78, 5) is 0. The molecule has 0 aliphatic rings. The third-order valence-electron chi connectivity index (χ3n) is 5.66. The van der Waals surface area contributed by atoms with Crippen LogP contribution in [0.15, 0.2) is 84.9 Å². The maximum atomic E-state index is 6.24. The predicted octanol–water partition coefficient (Wildman–Crippen LogP) is 6.63. The molecular formula is C27H28N2. The van der Waals surface area contributed by atoms with Gasteiger partial charge in [0, 0.05) is 11.4 Å². The average Bonchev–Trinajstić information content (AvgIpc) is 2.75. The summed E-state index contributed by atoms with van der Waals surface area (Å²) in [5, 5.41) is 2.72. The summed E-state index contributed by atoms with van der Waals surface area (Å²) in [6, 6.07) is 29.6. The Balaban J connectivity index is 1.34. The highest BCUT2D eigenvalue weighted by Gasteiger charge is 2.05. The van der Waals surface area contributed by atoms with E-state index in [1.54, 1.807) is 0 Å². The van der Waals surface area contributed by atoms with E-state index in [0.717, 1.165) is 30.6 Å². The quantitative estimate of drug-likeness (QED) is 0.279. The summed E-state index contributed by atoms with van der Waals surface area (Å²) in [5.74, 6) is 0. The molecule has 0 saturated heterocycles. The summed E-state index contributed by atoms with van der Waals surface area (Å²) < 4.78 is 0. The molecule has 0 fully saturated rings. The molecule has 4 rings (SSSR count). The van der Waals surface area contributed by atoms with Crippen molar-refractivity contribution < 1.29 is 0 Å². The minimum absolute atomic E-state index is 0.788. The van der Waals surface area contributed by atoms with Crippen molar-refractivity contribution in [1.29, 1.82) is 0 Å². The molecule has 2 heteroatoms. The number of aryl methyl sites for hydroxylation is 2. The number of anilines is 2. The van der Waals surface area contributed by atoms with Crippen LogP contribution in [0.4, 0.5) is 11.4 Å². The third-order valence-corrected chi connectivity index (χ3v) is 5.66. The van der Waals surface area contributed by atoms with Gasteiger partial charge in [-0.05, 0) is 83.0 Å². The molecule has 0 aliphatic carbocycles. The van der Waals surface area contributed by atoms with E-state index in [9.17, 15) is 0 Å². The number of hydrogen-bond donors (Lipinski definition) is 2. The molecule has 0 heterocycles. The van der Waals surface area contributed by atoms with Gasteiger partial charge in [0.1, 0.15) is 0 Å². The fraction of sp³-hybridized carbons (Fsp3) is 0.185. The number of hydrogen-bond acceptors (Lipinski definition) is 2. The Labute approximate surface area is 173 Å². The SMILES string of the molecule is Nc1ccc(-c2ccc(N)c(CCCCCc3cccc4ccccc34)c2)cc1. The second-order valence-corrected chi connectivity index (χ2v) is 7.73. The Hall–Kier alpha value is -3.26.